The molecule has 0 bridgehead atoms. The number of rotatable bonds is 4. The fourth-order valence-corrected chi connectivity index (χ4v) is 7.09. The molecule has 3 aliphatic rings. The molecule has 0 saturated heterocycles. The molecule has 0 aliphatic carbocycles. The Morgan fingerprint density at radius 2 is 0.644 bits per heavy atom. The standard InChI is InChI=1S/C40H29BN4/c1-5-16-30(17-6-1)42-28-38-41-39(29-43(31-18-7-2-8-19-31)37-27-15-26-36(42)40(37)41)45(33-22-11-4-12-23-33)35-25-14-13-24-34(35)44(38)32-20-9-3-10-21-32/h1-29H. The van der Waals surface area contributed by atoms with E-state index in [1.54, 1.807) is 0 Å². The number of hydrogen-bond acceptors (Lipinski definition) is 4. The van der Waals surface area contributed by atoms with Crippen molar-refractivity contribution in [3.8, 4) is 0 Å². The highest BCUT2D eigenvalue weighted by Gasteiger charge is 2.47. The SMILES string of the molecule is C1=C2B3C(=CN(c4ccccc4)c4cccc(c43)N1c1ccccc1)N(c1ccccc1)c1ccccc1N2c1ccccc1. The Morgan fingerprint density at radius 1 is 0.311 bits per heavy atom. The van der Waals surface area contributed by atoms with Gasteiger partial charge in [-0.05, 0) is 78.3 Å². The van der Waals surface area contributed by atoms with E-state index < -0.39 is 0 Å². The highest BCUT2D eigenvalue weighted by Crippen LogP contribution is 2.51. The summed E-state index contributed by atoms with van der Waals surface area (Å²) in [6.45, 7) is -0.0380. The summed E-state index contributed by atoms with van der Waals surface area (Å²) >= 11 is 0. The number of anilines is 8. The average molecular weight is 577 g/mol. The van der Waals surface area contributed by atoms with Crippen molar-refractivity contribution in [1.82, 2.24) is 0 Å². The summed E-state index contributed by atoms with van der Waals surface area (Å²) in [6.07, 6.45) is 4.72. The van der Waals surface area contributed by atoms with Gasteiger partial charge in [0.05, 0.1) is 11.4 Å². The van der Waals surface area contributed by atoms with Crippen LogP contribution in [-0.4, -0.2) is 6.71 Å². The van der Waals surface area contributed by atoms with Crippen molar-refractivity contribution in [3.05, 3.63) is 187 Å². The van der Waals surface area contributed by atoms with Crippen LogP contribution < -0.4 is 25.1 Å². The predicted molar refractivity (Wildman–Crippen MR) is 189 cm³/mol. The second kappa shape index (κ2) is 10.4. The molecule has 4 nitrogen and oxygen atoms in total. The molecule has 6 aromatic rings. The lowest BCUT2D eigenvalue weighted by Gasteiger charge is -2.43. The van der Waals surface area contributed by atoms with Gasteiger partial charge in [-0.1, -0.05) is 91.0 Å². The maximum atomic E-state index is 2.46. The van der Waals surface area contributed by atoms with Gasteiger partial charge in [0.2, 0.25) is 0 Å². The normalized spacial score (nSPS) is 14.7. The van der Waals surface area contributed by atoms with Crippen molar-refractivity contribution in [1.29, 1.82) is 0 Å². The molecule has 0 fully saturated rings. The molecule has 0 radical (unpaired) electrons. The fourth-order valence-electron chi connectivity index (χ4n) is 7.09. The van der Waals surface area contributed by atoms with Gasteiger partial charge in [0.15, 0.2) is 0 Å². The summed E-state index contributed by atoms with van der Waals surface area (Å²) in [5, 5.41) is 0. The van der Waals surface area contributed by atoms with E-state index in [-0.39, 0.29) is 6.71 Å². The minimum Gasteiger partial charge on any atom is -0.319 e. The monoisotopic (exact) mass is 576 g/mol. The first-order valence-electron chi connectivity index (χ1n) is 15.4. The minimum atomic E-state index is -0.0380. The van der Waals surface area contributed by atoms with Gasteiger partial charge in [-0.2, -0.15) is 0 Å². The molecule has 9 rings (SSSR count). The number of benzene rings is 6. The largest absolute Gasteiger partial charge is 0.319 e. The maximum absolute atomic E-state index is 2.46. The zero-order valence-electron chi connectivity index (χ0n) is 24.6. The van der Waals surface area contributed by atoms with E-state index in [0.717, 1.165) is 34.1 Å². The Labute approximate surface area is 264 Å². The van der Waals surface area contributed by atoms with Crippen molar-refractivity contribution in [2.75, 3.05) is 19.6 Å². The van der Waals surface area contributed by atoms with Crippen LogP contribution in [0.5, 0.6) is 0 Å². The van der Waals surface area contributed by atoms with E-state index in [2.05, 4.69) is 196 Å². The van der Waals surface area contributed by atoms with Crippen molar-refractivity contribution in [3.63, 3.8) is 0 Å². The maximum Gasteiger partial charge on any atom is 0.292 e. The average Bonchev–Trinajstić information content (AvgIpc) is 3.24. The van der Waals surface area contributed by atoms with E-state index >= 15 is 0 Å². The van der Waals surface area contributed by atoms with Crippen LogP contribution in [0.2, 0.25) is 0 Å². The molecule has 0 saturated carbocycles. The fraction of sp³-hybridized carbons (Fsp3) is 0. The molecule has 212 valence electrons. The number of para-hydroxylation sites is 6. The lowest BCUT2D eigenvalue weighted by Crippen LogP contribution is -2.52. The highest BCUT2D eigenvalue weighted by molar-refractivity contribution is 6.90. The Hall–Kier alpha value is -5.94. The lowest BCUT2D eigenvalue weighted by atomic mass is 9.37. The number of nitrogens with zero attached hydrogens (tertiary/aromatic N) is 4. The first-order chi connectivity index (χ1) is 22.4. The van der Waals surface area contributed by atoms with E-state index in [9.17, 15) is 0 Å². The molecule has 6 aromatic carbocycles. The van der Waals surface area contributed by atoms with Crippen molar-refractivity contribution >= 4 is 57.7 Å². The van der Waals surface area contributed by atoms with E-state index in [1.807, 2.05) is 0 Å². The molecule has 0 N–H and O–H groups in total. The topological polar surface area (TPSA) is 13.0 Å². The van der Waals surface area contributed by atoms with E-state index in [4.69, 9.17) is 0 Å². The Morgan fingerprint density at radius 3 is 1.04 bits per heavy atom. The van der Waals surface area contributed by atoms with E-state index in [0.29, 0.717) is 0 Å². The van der Waals surface area contributed by atoms with Crippen LogP contribution in [-0.2, 0) is 0 Å². The molecule has 45 heavy (non-hydrogen) atoms. The molecule has 0 unspecified atom stereocenters. The summed E-state index contributed by atoms with van der Waals surface area (Å²) in [4.78, 5) is 9.66. The smallest absolute Gasteiger partial charge is 0.292 e. The van der Waals surface area contributed by atoms with Crippen molar-refractivity contribution in [2.24, 2.45) is 0 Å². The number of hydrogen-bond donors (Lipinski definition) is 0. The molecule has 3 heterocycles. The van der Waals surface area contributed by atoms with Gasteiger partial charge in [0, 0.05) is 57.7 Å². The van der Waals surface area contributed by atoms with Gasteiger partial charge in [0.25, 0.3) is 6.71 Å². The third kappa shape index (κ3) is 4.01. The summed E-state index contributed by atoms with van der Waals surface area (Å²) in [5.74, 6) is 0. The summed E-state index contributed by atoms with van der Waals surface area (Å²) in [7, 11) is 0. The first kappa shape index (κ1) is 25.6. The van der Waals surface area contributed by atoms with Crippen LogP contribution in [0.15, 0.2) is 187 Å². The van der Waals surface area contributed by atoms with E-state index in [1.165, 1.54) is 28.0 Å². The van der Waals surface area contributed by atoms with Crippen molar-refractivity contribution < 1.29 is 0 Å². The molecule has 0 spiro atoms. The van der Waals surface area contributed by atoms with Gasteiger partial charge in [-0.3, -0.25) is 0 Å². The Kier molecular flexibility index (Phi) is 5.88. The van der Waals surface area contributed by atoms with Crippen LogP contribution in [0, 0.1) is 0 Å². The van der Waals surface area contributed by atoms with Crippen LogP contribution >= 0.6 is 0 Å². The lowest BCUT2D eigenvalue weighted by molar-refractivity contribution is 1.17. The second-order valence-corrected chi connectivity index (χ2v) is 11.5. The number of fused-ring (bicyclic) bond motifs is 1. The van der Waals surface area contributed by atoms with Crippen molar-refractivity contribution in [2.45, 2.75) is 0 Å². The van der Waals surface area contributed by atoms with Crippen LogP contribution in [0.25, 0.3) is 0 Å². The molecule has 3 aliphatic heterocycles. The zero-order valence-corrected chi connectivity index (χ0v) is 24.6. The molecule has 0 atom stereocenters. The quantitative estimate of drug-likeness (QED) is 0.194. The van der Waals surface area contributed by atoms with Crippen LogP contribution in [0.3, 0.4) is 0 Å². The minimum absolute atomic E-state index is 0.0380. The molecule has 5 heteroatoms. The first-order valence-corrected chi connectivity index (χ1v) is 15.4. The molecular formula is C40H29BN4. The van der Waals surface area contributed by atoms with Gasteiger partial charge >= 0.3 is 0 Å². The molecule has 0 amide bonds. The van der Waals surface area contributed by atoms with Gasteiger partial charge < -0.3 is 19.6 Å². The molecular weight excluding hydrogens is 547 g/mol. The highest BCUT2D eigenvalue weighted by atomic mass is 15.3. The Balaban J connectivity index is 1.42. The van der Waals surface area contributed by atoms with Crippen LogP contribution in [0.4, 0.5) is 45.5 Å². The van der Waals surface area contributed by atoms with Gasteiger partial charge in [0.1, 0.15) is 0 Å². The Bertz CT molecular complexity index is 1930. The third-order valence-electron chi connectivity index (χ3n) is 8.96. The summed E-state index contributed by atoms with van der Waals surface area (Å²) < 4.78 is 0. The third-order valence-corrected chi connectivity index (χ3v) is 8.96. The predicted octanol–water partition coefficient (Wildman–Crippen LogP) is 9.44. The van der Waals surface area contributed by atoms with Gasteiger partial charge in [-0.25, -0.2) is 0 Å². The summed E-state index contributed by atoms with van der Waals surface area (Å²) in [5.41, 5.74) is 12.9. The van der Waals surface area contributed by atoms with Gasteiger partial charge in [-0.15, -0.1) is 0 Å². The second-order valence-electron chi connectivity index (χ2n) is 11.5. The van der Waals surface area contributed by atoms with Crippen LogP contribution in [0.1, 0.15) is 0 Å². The summed E-state index contributed by atoms with van der Waals surface area (Å²) in [6, 6.07) is 58.5. The molecule has 0 aromatic heterocycles. The zero-order chi connectivity index (χ0) is 29.7.